The minimum absolute atomic E-state index is 0.0859. The number of carbonyl (C=O) groups is 1. The molecule has 0 spiro atoms. The van der Waals surface area contributed by atoms with Crippen LogP contribution < -0.4 is 9.54 Å². The van der Waals surface area contributed by atoms with E-state index in [9.17, 15) is 13.2 Å². The van der Waals surface area contributed by atoms with Gasteiger partial charge in [0, 0.05) is 0 Å². The summed E-state index contributed by atoms with van der Waals surface area (Å²) in [4.78, 5) is 12.3. The molecule has 0 aliphatic heterocycles. The lowest BCUT2D eigenvalue weighted by Gasteiger charge is -2.06. The lowest BCUT2D eigenvalue weighted by atomic mass is 10.3. The predicted octanol–water partition coefficient (Wildman–Crippen LogP) is 2.56. The van der Waals surface area contributed by atoms with Crippen molar-refractivity contribution in [3.8, 4) is 5.75 Å². The maximum absolute atomic E-state index is 12.7. The molecule has 142 valence electrons. The smallest absolute Gasteiger partial charge is 0.326 e. The minimum Gasteiger partial charge on any atom is -0.497 e. The van der Waals surface area contributed by atoms with Crippen LogP contribution >= 0.6 is 11.3 Å². The highest BCUT2D eigenvalue weighted by atomic mass is 32.2. The molecule has 0 fully saturated rings. The fourth-order valence-corrected chi connectivity index (χ4v) is 4.77. The summed E-state index contributed by atoms with van der Waals surface area (Å²) in [5, 5.41) is 0. The Morgan fingerprint density at radius 3 is 2.59 bits per heavy atom. The second-order valence-electron chi connectivity index (χ2n) is 5.49. The number of thiazole rings is 1. The first kappa shape index (κ1) is 19.1. The molecule has 0 radical (unpaired) electrons. The highest BCUT2D eigenvalue weighted by molar-refractivity contribution is 7.90. The van der Waals surface area contributed by atoms with Crippen LogP contribution in [0.4, 0.5) is 0 Å². The molecule has 7 nitrogen and oxygen atoms in total. The summed E-state index contributed by atoms with van der Waals surface area (Å²) in [6.45, 7) is 1.82. The van der Waals surface area contributed by atoms with Gasteiger partial charge >= 0.3 is 5.97 Å². The zero-order chi connectivity index (χ0) is 19.4. The van der Waals surface area contributed by atoms with Crippen molar-refractivity contribution in [1.29, 1.82) is 0 Å². The van der Waals surface area contributed by atoms with Crippen LogP contribution in [0.5, 0.6) is 5.75 Å². The fraction of sp³-hybridized carbons (Fsp3) is 0.222. The largest absolute Gasteiger partial charge is 0.497 e. The summed E-state index contributed by atoms with van der Waals surface area (Å²) in [6.07, 6.45) is 0. The molecule has 9 heteroatoms. The molecule has 0 atom stereocenters. The number of nitrogens with zero attached hydrogens (tertiary/aromatic N) is 2. The number of hydrogen-bond acceptors (Lipinski definition) is 6. The van der Waals surface area contributed by atoms with Gasteiger partial charge in [0.15, 0.2) is 0 Å². The standard InChI is InChI=1S/C18H18N2O5S2/c1-3-25-17(21)12-20-15-10-9-13(24-2)11-16(15)26-18(20)19-27(22,23)14-7-5-4-6-8-14/h4-11H,3,12H2,1-2H3/b19-18-. The molecular weight excluding hydrogens is 388 g/mol. The number of sulfonamides is 1. The third kappa shape index (κ3) is 4.20. The van der Waals surface area contributed by atoms with Gasteiger partial charge in [-0.05, 0) is 37.3 Å². The zero-order valence-corrected chi connectivity index (χ0v) is 16.4. The van der Waals surface area contributed by atoms with Crippen molar-refractivity contribution in [1.82, 2.24) is 4.57 Å². The molecule has 0 unspecified atom stereocenters. The topological polar surface area (TPSA) is 87.0 Å². The molecule has 0 bridgehead atoms. The van der Waals surface area contributed by atoms with Gasteiger partial charge in [0.25, 0.3) is 10.0 Å². The second kappa shape index (κ2) is 7.93. The number of benzene rings is 2. The molecule has 0 aliphatic rings. The highest BCUT2D eigenvalue weighted by Gasteiger charge is 2.16. The van der Waals surface area contributed by atoms with Crippen molar-refractivity contribution in [3.05, 3.63) is 53.3 Å². The summed E-state index contributed by atoms with van der Waals surface area (Å²) in [5.41, 5.74) is 0.677. The zero-order valence-electron chi connectivity index (χ0n) is 14.8. The van der Waals surface area contributed by atoms with Crippen LogP contribution in [0.25, 0.3) is 10.2 Å². The number of aromatic nitrogens is 1. The van der Waals surface area contributed by atoms with Crippen LogP contribution in [-0.4, -0.2) is 32.7 Å². The summed E-state index contributed by atoms with van der Waals surface area (Å²) >= 11 is 1.16. The Hall–Kier alpha value is -2.65. The number of fused-ring (bicyclic) bond motifs is 1. The van der Waals surface area contributed by atoms with Gasteiger partial charge in [0.2, 0.25) is 4.80 Å². The summed E-state index contributed by atoms with van der Waals surface area (Å²) in [6, 6.07) is 13.2. The molecule has 0 amide bonds. The van der Waals surface area contributed by atoms with Gasteiger partial charge in [-0.2, -0.15) is 8.42 Å². The molecule has 0 saturated heterocycles. The molecule has 0 aliphatic carbocycles. The minimum atomic E-state index is -3.92. The van der Waals surface area contributed by atoms with Gasteiger partial charge < -0.3 is 14.0 Å². The van der Waals surface area contributed by atoms with Crippen LogP contribution in [0.2, 0.25) is 0 Å². The lowest BCUT2D eigenvalue weighted by Crippen LogP contribution is -2.23. The van der Waals surface area contributed by atoms with E-state index in [2.05, 4.69) is 4.40 Å². The van der Waals surface area contributed by atoms with Crippen molar-refractivity contribution in [3.63, 3.8) is 0 Å². The molecular formula is C18H18N2O5S2. The summed E-state index contributed by atoms with van der Waals surface area (Å²) in [5.74, 6) is 0.163. The highest BCUT2D eigenvalue weighted by Crippen LogP contribution is 2.23. The molecule has 1 aromatic heterocycles. The van der Waals surface area contributed by atoms with Crippen LogP contribution in [-0.2, 0) is 26.1 Å². The van der Waals surface area contributed by atoms with Crippen molar-refractivity contribution in [2.45, 2.75) is 18.4 Å². The first-order chi connectivity index (χ1) is 12.9. The van der Waals surface area contributed by atoms with E-state index < -0.39 is 16.0 Å². The van der Waals surface area contributed by atoms with E-state index in [1.165, 1.54) is 16.7 Å². The van der Waals surface area contributed by atoms with E-state index in [-0.39, 0.29) is 22.8 Å². The summed E-state index contributed by atoms with van der Waals surface area (Å²) < 4.78 is 41.8. The molecule has 1 heterocycles. The quantitative estimate of drug-likeness (QED) is 0.587. The molecule has 3 rings (SSSR count). The Labute approximate surface area is 160 Å². The Kier molecular flexibility index (Phi) is 5.62. The average molecular weight is 406 g/mol. The SMILES string of the molecule is CCOC(=O)Cn1/c(=N/S(=O)(=O)c2ccccc2)sc2cc(OC)ccc21. The van der Waals surface area contributed by atoms with E-state index in [1.807, 2.05) is 0 Å². The first-order valence-corrected chi connectivity index (χ1v) is 10.4. The second-order valence-corrected chi connectivity index (χ2v) is 8.10. The monoisotopic (exact) mass is 406 g/mol. The van der Waals surface area contributed by atoms with Gasteiger partial charge in [-0.1, -0.05) is 29.5 Å². The molecule has 0 saturated carbocycles. The van der Waals surface area contributed by atoms with Crippen LogP contribution in [0.15, 0.2) is 57.8 Å². The van der Waals surface area contributed by atoms with Gasteiger partial charge in [0.05, 0.1) is 28.8 Å². The van der Waals surface area contributed by atoms with Gasteiger partial charge in [-0.25, -0.2) is 0 Å². The fourth-order valence-electron chi connectivity index (χ4n) is 2.49. The third-order valence-electron chi connectivity index (χ3n) is 3.72. The van der Waals surface area contributed by atoms with Gasteiger partial charge in [-0.15, -0.1) is 4.40 Å². The van der Waals surface area contributed by atoms with E-state index in [1.54, 1.807) is 50.4 Å². The Morgan fingerprint density at radius 2 is 1.93 bits per heavy atom. The Balaban J connectivity index is 2.19. The third-order valence-corrected chi connectivity index (χ3v) is 6.16. The van der Waals surface area contributed by atoms with E-state index in [0.29, 0.717) is 11.3 Å². The van der Waals surface area contributed by atoms with Crippen LogP contribution in [0.3, 0.4) is 0 Å². The van der Waals surface area contributed by atoms with Crippen molar-refractivity contribution >= 4 is 37.5 Å². The van der Waals surface area contributed by atoms with Crippen molar-refractivity contribution < 1.29 is 22.7 Å². The maximum atomic E-state index is 12.7. The maximum Gasteiger partial charge on any atom is 0.326 e. The number of methoxy groups -OCH3 is 1. The molecule has 3 aromatic rings. The van der Waals surface area contributed by atoms with E-state index in [4.69, 9.17) is 9.47 Å². The van der Waals surface area contributed by atoms with Crippen molar-refractivity contribution in [2.24, 2.45) is 4.40 Å². The van der Waals surface area contributed by atoms with Crippen LogP contribution in [0.1, 0.15) is 6.92 Å². The molecule has 2 aromatic carbocycles. The number of ether oxygens (including phenoxy) is 2. The molecule has 0 N–H and O–H groups in total. The number of esters is 1. The first-order valence-electron chi connectivity index (χ1n) is 8.13. The van der Waals surface area contributed by atoms with Crippen LogP contribution in [0, 0.1) is 0 Å². The number of rotatable bonds is 6. The lowest BCUT2D eigenvalue weighted by molar-refractivity contribution is -0.143. The number of hydrogen-bond donors (Lipinski definition) is 0. The van der Waals surface area contributed by atoms with E-state index in [0.717, 1.165) is 16.0 Å². The van der Waals surface area contributed by atoms with Crippen molar-refractivity contribution in [2.75, 3.05) is 13.7 Å². The molecule has 27 heavy (non-hydrogen) atoms. The Morgan fingerprint density at radius 1 is 1.19 bits per heavy atom. The normalized spacial score (nSPS) is 12.3. The summed E-state index contributed by atoms with van der Waals surface area (Å²) in [7, 11) is -2.37. The van der Waals surface area contributed by atoms with Gasteiger partial charge in [-0.3, -0.25) is 4.79 Å². The number of carbonyl (C=O) groups excluding carboxylic acids is 1. The van der Waals surface area contributed by atoms with Gasteiger partial charge in [0.1, 0.15) is 12.3 Å². The predicted molar refractivity (Wildman–Crippen MR) is 102 cm³/mol. The average Bonchev–Trinajstić information content (AvgIpc) is 2.98. The Bertz CT molecular complexity index is 1130. The van der Waals surface area contributed by atoms with E-state index >= 15 is 0 Å².